The molecule has 0 bridgehead atoms. The molecule has 9 heteroatoms. The minimum atomic E-state index is -3.72. The van der Waals surface area contributed by atoms with Crippen LogP contribution in [0.15, 0.2) is 75.7 Å². The molecule has 0 saturated carbocycles. The molecule has 0 aliphatic rings. The van der Waals surface area contributed by atoms with Crippen molar-refractivity contribution >= 4 is 38.5 Å². The van der Waals surface area contributed by atoms with Gasteiger partial charge in [0.2, 0.25) is 9.84 Å². The smallest absolute Gasteiger partial charge is 0.313 e. The molecular weight excluding hydrogens is 448 g/mol. The molecule has 0 atom stereocenters. The number of benzene rings is 2. The molecule has 4 rings (SSSR count). The SMILES string of the molecule is Cc1cc(SCC(=O)O)cc(C)c1Oc1ccc2[nH]cc(S(=O)(=O)c3ccncc3)c2c1. The van der Waals surface area contributed by atoms with Crippen LogP contribution in [0.3, 0.4) is 0 Å². The molecule has 0 aliphatic carbocycles. The number of carbonyl (C=O) groups is 1. The van der Waals surface area contributed by atoms with Crippen molar-refractivity contribution in [1.82, 2.24) is 9.97 Å². The van der Waals surface area contributed by atoms with E-state index in [0.717, 1.165) is 16.0 Å². The Hall–Kier alpha value is -3.30. The van der Waals surface area contributed by atoms with Crippen LogP contribution in [0, 0.1) is 13.8 Å². The predicted molar refractivity (Wildman–Crippen MR) is 122 cm³/mol. The second kappa shape index (κ2) is 8.68. The molecule has 0 aliphatic heterocycles. The van der Waals surface area contributed by atoms with Gasteiger partial charge in [0.15, 0.2) is 0 Å². The highest BCUT2D eigenvalue weighted by Gasteiger charge is 2.22. The fourth-order valence-electron chi connectivity index (χ4n) is 3.42. The first-order chi connectivity index (χ1) is 15.3. The van der Waals surface area contributed by atoms with Crippen LogP contribution in [-0.2, 0) is 14.6 Å². The number of fused-ring (bicyclic) bond motifs is 1. The Balaban J connectivity index is 1.69. The lowest BCUT2D eigenvalue weighted by Gasteiger charge is -2.14. The molecule has 0 radical (unpaired) electrons. The van der Waals surface area contributed by atoms with E-state index in [0.29, 0.717) is 22.4 Å². The van der Waals surface area contributed by atoms with Crippen molar-refractivity contribution in [2.24, 2.45) is 0 Å². The number of pyridine rings is 1. The summed E-state index contributed by atoms with van der Waals surface area (Å²) >= 11 is 1.25. The van der Waals surface area contributed by atoms with Gasteiger partial charge in [-0.15, -0.1) is 11.8 Å². The fourth-order valence-corrected chi connectivity index (χ4v) is 5.64. The molecular formula is C23H20N2O5S2. The maximum atomic E-state index is 13.1. The molecule has 2 heterocycles. The maximum absolute atomic E-state index is 13.1. The molecule has 2 aromatic heterocycles. The number of aliphatic carboxylic acids is 1. The van der Waals surface area contributed by atoms with Gasteiger partial charge in [-0.25, -0.2) is 8.42 Å². The van der Waals surface area contributed by atoms with Crippen LogP contribution in [-0.4, -0.2) is 35.2 Å². The highest BCUT2D eigenvalue weighted by Crippen LogP contribution is 2.36. The number of aromatic nitrogens is 2. The largest absolute Gasteiger partial charge is 0.481 e. The standard InChI is InChI=1S/C23H20N2O5S2/c1-14-9-17(31-13-22(26)27)10-15(2)23(14)30-16-3-4-20-19(11-16)21(12-25-20)32(28,29)18-5-7-24-8-6-18/h3-12,25H,13H2,1-2H3,(H,26,27). The minimum Gasteiger partial charge on any atom is -0.481 e. The van der Waals surface area contributed by atoms with Crippen molar-refractivity contribution in [3.05, 3.63) is 72.2 Å². The normalized spacial score (nSPS) is 11.6. The van der Waals surface area contributed by atoms with E-state index in [4.69, 9.17) is 9.84 Å². The molecule has 2 N–H and O–H groups in total. The van der Waals surface area contributed by atoms with Crippen LogP contribution >= 0.6 is 11.8 Å². The number of carboxylic acid groups (broad SMARTS) is 1. The average molecular weight is 469 g/mol. The van der Waals surface area contributed by atoms with E-state index in [1.807, 2.05) is 26.0 Å². The lowest BCUT2D eigenvalue weighted by molar-refractivity contribution is -0.133. The Labute approximate surface area is 189 Å². The molecule has 0 spiro atoms. The summed E-state index contributed by atoms with van der Waals surface area (Å²) in [7, 11) is -3.72. The van der Waals surface area contributed by atoms with Crippen molar-refractivity contribution in [3.8, 4) is 11.5 Å². The van der Waals surface area contributed by atoms with E-state index in [9.17, 15) is 13.2 Å². The van der Waals surface area contributed by atoms with Crippen LogP contribution in [0.5, 0.6) is 11.5 Å². The third-order valence-electron chi connectivity index (χ3n) is 4.88. The van der Waals surface area contributed by atoms with Crippen molar-refractivity contribution in [2.45, 2.75) is 28.5 Å². The Morgan fingerprint density at radius 1 is 1.09 bits per heavy atom. The number of nitrogens with one attached hydrogen (secondary N) is 1. The number of hydrogen-bond donors (Lipinski definition) is 2. The molecule has 164 valence electrons. The van der Waals surface area contributed by atoms with E-state index >= 15 is 0 Å². The topological polar surface area (TPSA) is 109 Å². The maximum Gasteiger partial charge on any atom is 0.313 e. The number of hydrogen-bond acceptors (Lipinski definition) is 6. The van der Waals surface area contributed by atoms with Crippen LogP contribution in [0.4, 0.5) is 0 Å². The Morgan fingerprint density at radius 2 is 1.78 bits per heavy atom. The summed E-state index contributed by atoms with van der Waals surface area (Å²) in [6, 6.07) is 11.9. The highest BCUT2D eigenvalue weighted by molar-refractivity contribution is 8.00. The third-order valence-corrected chi connectivity index (χ3v) is 7.65. The van der Waals surface area contributed by atoms with E-state index in [1.165, 1.54) is 42.5 Å². The Bertz CT molecular complexity index is 1390. The molecule has 0 saturated heterocycles. The van der Waals surface area contributed by atoms with Gasteiger partial charge in [-0.1, -0.05) is 0 Å². The summed E-state index contributed by atoms with van der Waals surface area (Å²) in [4.78, 5) is 18.9. The summed E-state index contributed by atoms with van der Waals surface area (Å²) in [6.45, 7) is 3.78. The van der Waals surface area contributed by atoms with E-state index in [2.05, 4.69) is 9.97 Å². The van der Waals surface area contributed by atoms with Gasteiger partial charge in [0.25, 0.3) is 0 Å². The molecule has 0 fully saturated rings. The first kappa shape index (κ1) is 21.9. The summed E-state index contributed by atoms with van der Waals surface area (Å²) in [6.07, 6.45) is 4.37. The predicted octanol–water partition coefficient (Wildman–Crippen LogP) is 4.98. The molecule has 32 heavy (non-hydrogen) atoms. The Kier molecular flexibility index (Phi) is 5.94. The molecule has 7 nitrogen and oxygen atoms in total. The zero-order chi connectivity index (χ0) is 22.9. The van der Waals surface area contributed by atoms with E-state index in [1.54, 1.807) is 18.2 Å². The number of rotatable bonds is 7. The van der Waals surface area contributed by atoms with E-state index in [-0.39, 0.29) is 15.5 Å². The van der Waals surface area contributed by atoms with E-state index < -0.39 is 15.8 Å². The van der Waals surface area contributed by atoms with Gasteiger partial charge in [0.1, 0.15) is 11.5 Å². The van der Waals surface area contributed by atoms with Gasteiger partial charge in [-0.2, -0.15) is 0 Å². The van der Waals surface area contributed by atoms with Gasteiger partial charge < -0.3 is 14.8 Å². The number of thioether (sulfide) groups is 1. The summed E-state index contributed by atoms with van der Waals surface area (Å²) in [5.74, 6) is 0.263. The highest BCUT2D eigenvalue weighted by atomic mass is 32.2. The Morgan fingerprint density at radius 3 is 2.44 bits per heavy atom. The lowest BCUT2D eigenvalue weighted by atomic mass is 10.1. The number of H-pyrrole nitrogens is 1. The van der Waals surface area contributed by atoms with Crippen LogP contribution in [0.25, 0.3) is 10.9 Å². The molecule has 4 aromatic rings. The summed E-state index contributed by atoms with van der Waals surface area (Å²) in [5, 5.41) is 9.42. The second-order valence-electron chi connectivity index (χ2n) is 7.22. The molecule has 2 aromatic carbocycles. The fraction of sp³-hybridized carbons (Fsp3) is 0.130. The molecule has 0 unspecified atom stereocenters. The van der Waals surface area contributed by atoms with Crippen molar-refractivity contribution in [2.75, 3.05) is 5.75 Å². The van der Waals surface area contributed by atoms with Gasteiger partial charge in [0, 0.05) is 34.4 Å². The number of aryl methyl sites for hydroxylation is 2. The second-order valence-corrected chi connectivity index (χ2v) is 10.2. The quantitative estimate of drug-likeness (QED) is 0.368. The van der Waals surface area contributed by atoms with Crippen molar-refractivity contribution in [1.29, 1.82) is 0 Å². The average Bonchev–Trinajstić information content (AvgIpc) is 3.19. The van der Waals surface area contributed by atoms with Crippen molar-refractivity contribution in [3.63, 3.8) is 0 Å². The minimum absolute atomic E-state index is 0.0159. The lowest BCUT2D eigenvalue weighted by Crippen LogP contribution is -2.01. The summed E-state index contributed by atoms with van der Waals surface area (Å²) in [5.41, 5.74) is 2.40. The number of ether oxygens (including phenoxy) is 1. The zero-order valence-electron chi connectivity index (χ0n) is 17.3. The number of aromatic amines is 1. The van der Waals surface area contributed by atoms with Crippen LogP contribution in [0.2, 0.25) is 0 Å². The number of carboxylic acids is 1. The number of nitrogens with zero attached hydrogens (tertiary/aromatic N) is 1. The van der Waals surface area contributed by atoms with Crippen LogP contribution in [0.1, 0.15) is 11.1 Å². The summed E-state index contributed by atoms with van der Waals surface area (Å²) < 4.78 is 32.3. The van der Waals surface area contributed by atoms with Gasteiger partial charge in [-0.05, 0) is 67.4 Å². The molecule has 0 amide bonds. The van der Waals surface area contributed by atoms with Gasteiger partial charge in [0.05, 0.1) is 15.5 Å². The monoisotopic (exact) mass is 468 g/mol. The zero-order valence-corrected chi connectivity index (χ0v) is 19.0. The van der Waals surface area contributed by atoms with Crippen molar-refractivity contribution < 1.29 is 23.1 Å². The van der Waals surface area contributed by atoms with Gasteiger partial charge in [-0.3, -0.25) is 9.78 Å². The first-order valence-electron chi connectivity index (χ1n) is 9.65. The number of sulfone groups is 1. The van der Waals surface area contributed by atoms with Gasteiger partial charge >= 0.3 is 5.97 Å². The third kappa shape index (κ3) is 4.35. The van der Waals surface area contributed by atoms with Crippen LogP contribution < -0.4 is 4.74 Å². The first-order valence-corrected chi connectivity index (χ1v) is 12.1.